The van der Waals surface area contributed by atoms with Gasteiger partial charge >= 0.3 is 5.97 Å². The van der Waals surface area contributed by atoms with Crippen molar-refractivity contribution in [2.45, 2.75) is 19.9 Å². The van der Waals surface area contributed by atoms with Crippen LogP contribution in [0.25, 0.3) is 0 Å². The van der Waals surface area contributed by atoms with E-state index >= 15 is 0 Å². The van der Waals surface area contributed by atoms with Crippen LogP contribution in [0.2, 0.25) is 0 Å². The first-order valence-electron chi connectivity index (χ1n) is 5.88. The summed E-state index contributed by atoms with van der Waals surface area (Å²) in [6, 6.07) is -0.384. The number of hydrogen-bond acceptors (Lipinski definition) is 5. The van der Waals surface area contributed by atoms with Gasteiger partial charge in [-0.2, -0.15) is 0 Å². The van der Waals surface area contributed by atoms with Gasteiger partial charge in [-0.3, -0.25) is 14.9 Å². The molecule has 0 saturated carbocycles. The number of carbonyl (C=O) groups excluding carboxylic acids is 2. The highest BCUT2D eigenvalue weighted by atomic mass is 19.2. The third-order valence-corrected chi connectivity index (χ3v) is 2.47. The fraction of sp³-hybridized carbons (Fsp3) is 0.333. The van der Waals surface area contributed by atoms with Crippen molar-refractivity contribution in [1.29, 1.82) is 0 Å². The minimum atomic E-state index is -1.45. The molecule has 0 radical (unpaired) electrons. The maximum absolute atomic E-state index is 13.1. The number of benzene rings is 1. The Labute approximate surface area is 118 Å². The number of nitro benzene ring substituents is 1. The number of esters is 1. The number of amides is 1. The van der Waals surface area contributed by atoms with Crippen LogP contribution in [0, 0.1) is 21.7 Å². The van der Waals surface area contributed by atoms with Crippen molar-refractivity contribution < 1.29 is 28.0 Å². The van der Waals surface area contributed by atoms with Gasteiger partial charge in [-0.05, 0) is 19.9 Å². The Bertz CT molecular complexity index is 591. The highest BCUT2D eigenvalue weighted by molar-refractivity contribution is 6.00. The van der Waals surface area contributed by atoms with E-state index in [1.54, 1.807) is 6.92 Å². The van der Waals surface area contributed by atoms with E-state index in [0.29, 0.717) is 12.1 Å². The molecule has 0 spiro atoms. The Morgan fingerprint density at radius 1 is 1.38 bits per heavy atom. The van der Waals surface area contributed by atoms with Crippen molar-refractivity contribution in [3.05, 3.63) is 39.4 Å². The molecule has 1 aromatic carbocycles. The maximum Gasteiger partial charge on any atom is 0.328 e. The molecule has 0 aliphatic heterocycles. The molecule has 0 bridgehead atoms. The van der Waals surface area contributed by atoms with Gasteiger partial charge in [0.15, 0.2) is 11.6 Å². The fourth-order valence-electron chi connectivity index (χ4n) is 1.47. The van der Waals surface area contributed by atoms with Gasteiger partial charge in [-0.15, -0.1) is 0 Å². The topological polar surface area (TPSA) is 98.5 Å². The Kier molecular flexibility index (Phi) is 5.28. The van der Waals surface area contributed by atoms with E-state index < -0.39 is 45.7 Å². The summed E-state index contributed by atoms with van der Waals surface area (Å²) in [5, 5.41) is 12.9. The summed E-state index contributed by atoms with van der Waals surface area (Å²) in [5.41, 5.74) is -1.59. The van der Waals surface area contributed by atoms with Crippen LogP contribution in [-0.2, 0) is 9.53 Å². The summed E-state index contributed by atoms with van der Waals surface area (Å²) in [7, 11) is 0. The van der Waals surface area contributed by atoms with Gasteiger partial charge in [0.1, 0.15) is 11.6 Å². The molecule has 0 aliphatic rings. The summed E-state index contributed by atoms with van der Waals surface area (Å²) >= 11 is 0. The molecule has 9 heteroatoms. The molecule has 1 atom stereocenters. The first kappa shape index (κ1) is 16.5. The predicted octanol–water partition coefficient (Wildman–Crippen LogP) is 1.55. The summed E-state index contributed by atoms with van der Waals surface area (Å²) in [4.78, 5) is 32.9. The number of hydrogen-bond donors (Lipinski definition) is 1. The lowest BCUT2D eigenvalue weighted by atomic mass is 10.1. The molecule has 0 saturated heterocycles. The first-order valence-corrected chi connectivity index (χ1v) is 5.88. The number of nitro groups is 1. The molecule has 114 valence electrons. The average Bonchev–Trinajstić information content (AvgIpc) is 2.41. The van der Waals surface area contributed by atoms with Gasteiger partial charge in [0.25, 0.3) is 11.6 Å². The van der Waals surface area contributed by atoms with E-state index in [1.807, 2.05) is 0 Å². The first-order chi connectivity index (χ1) is 9.77. The van der Waals surface area contributed by atoms with Gasteiger partial charge in [-0.25, -0.2) is 13.6 Å². The smallest absolute Gasteiger partial charge is 0.328 e. The molecule has 7 nitrogen and oxygen atoms in total. The van der Waals surface area contributed by atoms with E-state index in [1.165, 1.54) is 6.92 Å². The summed E-state index contributed by atoms with van der Waals surface area (Å²) < 4.78 is 30.8. The molecule has 0 aromatic heterocycles. The van der Waals surface area contributed by atoms with Crippen molar-refractivity contribution >= 4 is 17.6 Å². The van der Waals surface area contributed by atoms with E-state index in [4.69, 9.17) is 0 Å². The molecule has 1 N–H and O–H groups in total. The van der Waals surface area contributed by atoms with Crippen LogP contribution in [0.1, 0.15) is 24.2 Å². The van der Waals surface area contributed by atoms with E-state index in [2.05, 4.69) is 10.1 Å². The third-order valence-electron chi connectivity index (χ3n) is 2.47. The number of rotatable bonds is 5. The Hall–Kier alpha value is -2.58. The molecule has 1 rings (SSSR count). The highest BCUT2D eigenvalue weighted by Crippen LogP contribution is 2.22. The molecule has 0 aliphatic carbocycles. The minimum Gasteiger partial charge on any atom is -0.464 e. The second-order valence-corrected chi connectivity index (χ2v) is 3.99. The largest absolute Gasteiger partial charge is 0.464 e. The number of ether oxygens (including phenoxy) is 1. The average molecular weight is 302 g/mol. The number of nitrogens with zero attached hydrogens (tertiary/aromatic N) is 1. The predicted molar refractivity (Wildman–Crippen MR) is 66.6 cm³/mol. The quantitative estimate of drug-likeness (QED) is 0.505. The zero-order valence-corrected chi connectivity index (χ0v) is 11.2. The molecule has 0 fully saturated rings. The van der Waals surface area contributed by atoms with Crippen LogP contribution in [-0.4, -0.2) is 29.4 Å². The zero-order chi connectivity index (χ0) is 16.2. The lowest BCUT2D eigenvalue weighted by Gasteiger charge is -2.12. The molecule has 1 aromatic rings. The van der Waals surface area contributed by atoms with Gasteiger partial charge in [0.2, 0.25) is 0 Å². The van der Waals surface area contributed by atoms with E-state index in [0.717, 1.165) is 0 Å². The summed E-state index contributed by atoms with van der Waals surface area (Å²) in [5.74, 6) is -4.69. The highest BCUT2D eigenvalue weighted by Gasteiger charge is 2.26. The normalized spacial score (nSPS) is 11.6. The maximum atomic E-state index is 13.1. The van der Waals surface area contributed by atoms with Crippen molar-refractivity contribution in [2.24, 2.45) is 0 Å². The molecular formula is C12H12F2N2O5. The second-order valence-electron chi connectivity index (χ2n) is 3.99. The van der Waals surface area contributed by atoms with Gasteiger partial charge in [0, 0.05) is 0 Å². The van der Waals surface area contributed by atoms with Gasteiger partial charge in [-0.1, -0.05) is 0 Å². The summed E-state index contributed by atoms with van der Waals surface area (Å²) in [6.45, 7) is 2.94. The van der Waals surface area contributed by atoms with E-state index in [9.17, 15) is 28.5 Å². The summed E-state index contributed by atoms with van der Waals surface area (Å²) in [6.07, 6.45) is 0. The molecule has 1 amide bonds. The standard InChI is InChI=1S/C12H12F2N2O5/c1-3-21-12(18)6(2)15-11(17)7-4-8(13)9(14)5-10(7)16(19)20/h4-6H,3H2,1-2H3,(H,15,17). The van der Waals surface area contributed by atoms with Crippen molar-refractivity contribution in [1.82, 2.24) is 5.32 Å². The van der Waals surface area contributed by atoms with Crippen LogP contribution in [0.5, 0.6) is 0 Å². The van der Waals surface area contributed by atoms with Crippen molar-refractivity contribution in [3.8, 4) is 0 Å². The van der Waals surface area contributed by atoms with Crippen LogP contribution in [0.3, 0.4) is 0 Å². The molecule has 1 unspecified atom stereocenters. The minimum absolute atomic E-state index is 0.0877. The molecular weight excluding hydrogens is 290 g/mol. The Morgan fingerprint density at radius 2 is 1.95 bits per heavy atom. The number of carbonyl (C=O) groups is 2. The van der Waals surface area contributed by atoms with Crippen LogP contribution in [0.4, 0.5) is 14.5 Å². The fourth-order valence-corrected chi connectivity index (χ4v) is 1.47. The molecule has 0 heterocycles. The van der Waals surface area contributed by atoms with Gasteiger partial charge < -0.3 is 10.1 Å². The number of nitrogens with one attached hydrogen (secondary N) is 1. The van der Waals surface area contributed by atoms with Crippen LogP contribution < -0.4 is 5.32 Å². The lowest BCUT2D eigenvalue weighted by Crippen LogP contribution is -2.39. The zero-order valence-electron chi connectivity index (χ0n) is 11.2. The third kappa shape index (κ3) is 3.94. The monoisotopic (exact) mass is 302 g/mol. The number of halogens is 2. The van der Waals surface area contributed by atoms with Crippen LogP contribution >= 0.6 is 0 Å². The second kappa shape index (κ2) is 6.73. The SMILES string of the molecule is CCOC(=O)C(C)NC(=O)c1cc(F)c(F)cc1[N+](=O)[O-]. The van der Waals surface area contributed by atoms with Gasteiger partial charge in [0.05, 0.1) is 17.6 Å². The van der Waals surface area contributed by atoms with Crippen molar-refractivity contribution in [3.63, 3.8) is 0 Å². The Morgan fingerprint density at radius 3 is 2.48 bits per heavy atom. The van der Waals surface area contributed by atoms with E-state index in [-0.39, 0.29) is 6.61 Å². The molecule has 21 heavy (non-hydrogen) atoms. The van der Waals surface area contributed by atoms with Crippen molar-refractivity contribution in [2.75, 3.05) is 6.61 Å². The van der Waals surface area contributed by atoms with Crippen LogP contribution in [0.15, 0.2) is 12.1 Å². The Balaban J connectivity index is 3.04. The lowest BCUT2D eigenvalue weighted by molar-refractivity contribution is -0.385.